The van der Waals surface area contributed by atoms with Crippen molar-refractivity contribution in [1.29, 1.82) is 0 Å². The second kappa shape index (κ2) is 3.52. The summed E-state index contributed by atoms with van der Waals surface area (Å²) in [5.74, 6) is -1.11. The highest BCUT2D eigenvalue weighted by molar-refractivity contribution is 5.27. The largest absolute Gasteiger partial charge is 0.388 e. The quantitative estimate of drug-likeness (QED) is 0.836. The Bertz CT molecular complexity index is 438. The lowest BCUT2D eigenvalue weighted by molar-refractivity contribution is 0.126. The van der Waals surface area contributed by atoms with Gasteiger partial charge in [-0.3, -0.25) is 0 Å². The molecule has 1 fully saturated rings. The molecular weight excluding hydrogens is 222 g/mol. The molecule has 1 saturated carbocycles. The lowest BCUT2D eigenvalue weighted by Gasteiger charge is -2.14. The number of rotatable bonds is 2. The van der Waals surface area contributed by atoms with Gasteiger partial charge in [0.25, 0.3) is 0 Å². The van der Waals surface area contributed by atoms with E-state index in [2.05, 4.69) is 0 Å². The lowest BCUT2D eigenvalue weighted by Crippen LogP contribution is -2.08. The van der Waals surface area contributed by atoms with Crippen LogP contribution < -0.4 is 0 Å². The Kier molecular flexibility index (Phi) is 2.58. The van der Waals surface area contributed by atoms with Gasteiger partial charge in [0.05, 0.1) is 6.10 Å². The first kappa shape index (κ1) is 12.5. The average molecular weight is 240 g/mol. The molecule has 2 rings (SSSR count). The van der Waals surface area contributed by atoms with Gasteiger partial charge in [0, 0.05) is 11.5 Å². The zero-order valence-corrected chi connectivity index (χ0v) is 10.6. The van der Waals surface area contributed by atoms with E-state index < -0.39 is 17.7 Å². The summed E-state index contributed by atoms with van der Waals surface area (Å²) in [7, 11) is 0. The third-order valence-corrected chi connectivity index (χ3v) is 4.72. The predicted octanol–water partition coefficient (Wildman–Crippen LogP) is 3.68. The molecule has 1 aromatic rings. The maximum absolute atomic E-state index is 13.6. The molecule has 1 unspecified atom stereocenters. The highest BCUT2D eigenvalue weighted by atomic mass is 19.1. The van der Waals surface area contributed by atoms with Crippen LogP contribution in [0.5, 0.6) is 0 Å². The van der Waals surface area contributed by atoms with E-state index in [4.69, 9.17) is 0 Å². The van der Waals surface area contributed by atoms with Crippen molar-refractivity contribution in [2.24, 2.45) is 16.7 Å². The van der Waals surface area contributed by atoms with Gasteiger partial charge in [-0.15, -0.1) is 0 Å². The molecule has 1 aliphatic carbocycles. The fourth-order valence-corrected chi connectivity index (χ4v) is 2.96. The molecule has 0 aromatic heterocycles. The summed E-state index contributed by atoms with van der Waals surface area (Å²) in [4.78, 5) is 0. The summed E-state index contributed by atoms with van der Waals surface area (Å²) < 4.78 is 26.7. The van der Waals surface area contributed by atoms with E-state index in [0.717, 1.165) is 18.2 Å². The van der Waals surface area contributed by atoms with Crippen molar-refractivity contribution in [3.8, 4) is 0 Å². The molecule has 0 amide bonds. The van der Waals surface area contributed by atoms with Crippen molar-refractivity contribution in [1.82, 2.24) is 0 Å². The first-order chi connectivity index (χ1) is 7.69. The Morgan fingerprint density at radius 2 is 1.65 bits per heavy atom. The van der Waals surface area contributed by atoms with Crippen LogP contribution in [0.15, 0.2) is 18.2 Å². The Labute approximate surface area is 100 Å². The molecule has 0 saturated heterocycles. The summed E-state index contributed by atoms with van der Waals surface area (Å²) in [5.41, 5.74) is -0.0651. The average Bonchev–Trinajstić information content (AvgIpc) is 2.61. The van der Waals surface area contributed by atoms with Gasteiger partial charge in [0.1, 0.15) is 11.6 Å². The van der Waals surface area contributed by atoms with Crippen molar-refractivity contribution in [3.63, 3.8) is 0 Å². The number of halogens is 2. The van der Waals surface area contributed by atoms with E-state index in [1.807, 2.05) is 27.7 Å². The molecule has 1 nitrogen and oxygen atoms in total. The van der Waals surface area contributed by atoms with Gasteiger partial charge in [0.2, 0.25) is 0 Å². The second-order valence-electron chi connectivity index (χ2n) is 6.03. The molecule has 1 aliphatic rings. The minimum atomic E-state index is -0.948. The van der Waals surface area contributed by atoms with Gasteiger partial charge in [-0.05, 0) is 29.0 Å². The van der Waals surface area contributed by atoms with Crippen LogP contribution in [0, 0.1) is 28.4 Å². The second-order valence-corrected chi connectivity index (χ2v) is 6.03. The minimum Gasteiger partial charge on any atom is -0.388 e. The van der Waals surface area contributed by atoms with Gasteiger partial charge in [-0.25, -0.2) is 8.78 Å². The topological polar surface area (TPSA) is 20.2 Å². The van der Waals surface area contributed by atoms with Crippen LogP contribution in [0.1, 0.15) is 39.4 Å². The zero-order valence-electron chi connectivity index (χ0n) is 10.6. The first-order valence-electron chi connectivity index (χ1n) is 5.82. The Hall–Kier alpha value is -0.960. The highest BCUT2D eigenvalue weighted by Gasteiger charge is 2.67. The summed E-state index contributed by atoms with van der Waals surface area (Å²) in [5, 5.41) is 10.2. The van der Waals surface area contributed by atoms with Crippen LogP contribution in [0.4, 0.5) is 8.78 Å². The van der Waals surface area contributed by atoms with Crippen LogP contribution in [0.3, 0.4) is 0 Å². The minimum absolute atomic E-state index is 0.0497. The van der Waals surface area contributed by atoms with Crippen LogP contribution in [0.25, 0.3) is 0 Å². The van der Waals surface area contributed by atoms with Gasteiger partial charge >= 0.3 is 0 Å². The fourth-order valence-electron chi connectivity index (χ4n) is 2.96. The third kappa shape index (κ3) is 1.68. The Balaban J connectivity index is 2.34. The molecule has 1 atom stereocenters. The van der Waals surface area contributed by atoms with Crippen LogP contribution in [-0.4, -0.2) is 5.11 Å². The summed E-state index contributed by atoms with van der Waals surface area (Å²) >= 11 is 0. The van der Waals surface area contributed by atoms with E-state index >= 15 is 0 Å². The van der Waals surface area contributed by atoms with E-state index in [-0.39, 0.29) is 22.3 Å². The summed E-state index contributed by atoms with van der Waals surface area (Å²) in [6.07, 6.45) is -0.948. The Morgan fingerprint density at radius 3 is 2.12 bits per heavy atom. The smallest absolute Gasteiger partial charge is 0.129 e. The van der Waals surface area contributed by atoms with Gasteiger partial charge in [-0.1, -0.05) is 27.7 Å². The van der Waals surface area contributed by atoms with E-state index in [1.54, 1.807) is 0 Å². The lowest BCUT2D eigenvalue weighted by atomic mass is 9.99. The number of hydrogen-bond donors (Lipinski definition) is 1. The Morgan fingerprint density at radius 1 is 1.12 bits per heavy atom. The monoisotopic (exact) mass is 240 g/mol. The highest BCUT2D eigenvalue weighted by Crippen LogP contribution is 2.72. The summed E-state index contributed by atoms with van der Waals surface area (Å²) in [6, 6.07) is 3.22. The molecule has 0 bridgehead atoms. The van der Waals surface area contributed by atoms with Crippen molar-refractivity contribution in [2.45, 2.75) is 33.8 Å². The zero-order chi connectivity index (χ0) is 13.0. The van der Waals surface area contributed by atoms with Crippen LogP contribution >= 0.6 is 0 Å². The van der Waals surface area contributed by atoms with Gasteiger partial charge < -0.3 is 5.11 Å². The maximum Gasteiger partial charge on any atom is 0.129 e. The van der Waals surface area contributed by atoms with Crippen LogP contribution in [0.2, 0.25) is 0 Å². The molecule has 0 heterocycles. The van der Waals surface area contributed by atoms with Crippen LogP contribution in [-0.2, 0) is 0 Å². The van der Waals surface area contributed by atoms with Crippen molar-refractivity contribution in [2.75, 3.05) is 0 Å². The first-order valence-corrected chi connectivity index (χ1v) is 5.82. The molecule has 0 spiro atoms. The normalized spacial score (nSPS) is 23.5. The molecule has 17 heavy (non-hydrogen) atoms. The van der Waals surface area contributed by atoms with Crippen molar-refractivity contribution in [3.05, 3.63) is 35.4 Å². The number of benzene rings is 1. The standard InChI is InChI=1S/C14H18F2O/c1-13(2)12(14(13,3)4)11(17)9-7-8(15)5-6-10(9)16/h5-7,11-12,17H,1-4H3. The molecular formula is C14H18F2O. The summed E-state index contributed by atoms with van der Waals surface area (Å²) in [6.45, 7) is 8.16. The van der Waals surface area contributed by atoms with E-state index in [1.165, 1.54) is 0 Å². The fraction of sp³-hybridized carbons (Fsp3) is 0.571. The SMILES string of the molecule is CC1(C)C(C(O)c2cc(F)ccc2F)C1(C)C. The molecule has 0 radical (unpaired) electrons. The predicted molar refractivity (Wildman–Crippen MR) is 62.4 cm³/mol. The maximum atomic E-state index is 13.6. The molecule has 3 heteroatoms. The number of hydrogen-bond acceptors (Lipinski definition) is 1. The van der Waals surface area contributed by atoms with Crippen molar-refractivity contribution < 1.29 is 13.9 Å². The number of aliphatic hydroxyl groups is 1. The van der Waals surface area contributed by atoms with Crippen molar-refractivity contribution >= 4 is 0 Å². The van der Waals surface area contributed by atoms with Gasteiger partial charge in [0.15, 0.2) is 0 Å². The number of aliphatic hydroxyl groups excluding tert-OH is 1. The molecule has 1 aromatic carbocycles. The van der Waals surface area contributed by atoms with Gasteiger partial charge in [-0.2, -0.15) is 0 Å². The molecule has 1 N–H and O–H groups in total. The van der Waals surface area contributed by atoms with E-state index in [0.29, 0.717) is 0 Å². The molecule has 94 valence electrons. The molecule has 0 aliphatic heterocycles. The van der Waals surface area contributed by atoms with E-state index in [9.17, 15) is 13.9 Å². The third-order valence-electron chi connectivity index (χ3n) is 4.72.